The van der Waals surface area contributed by atoms with Crippen LogP contribution in [0.5, 0.6) is 5.75 Å². The molecule has 1 unspecified atom stereocenters. The van der Waals surface area contributed by atoms with Crippen LogP contribution < -0.4 is 5.73 Å². The van der Waals surface area contributed by atoms with Crippen LogP contribution in [-0.4, -0.2) is 11.7 Å². The lowest BCUT2D eigenvalue weighted by Crippen LogP contribution is -2.06. The number of hydrogen-bond donors (Lipinski definition) is 2. The molecule has 1 aromatic rings. The maximum Gasteiger partial charge on any atom is 0.119 e. The third-order valence-corrected chi connectivity index (χ3v) is 3.87. The summed E-state index contributed by atoms with van der Waals surface area (Å²) in [5, 5.41) is 10.1. The molecule has 1 atom stereocenters. The molecule has 0 aromatic heterocycles. The van der Waals surface area contributed by atoms with Crippen LogP contribution in [0.25, 0.3) is 0 Å². The van der Waals surface area contributed by atoms with Gasteiger partial charge >= 0.3 is 0 Å². The van der Waals surface area contributed by atoms with Crippen LogP contribution in [0.4, 0.5) is 0 Å². The van der Waals surface area contributed by atoms with Gasteiger partial charge in [-0.25, -0.2) is 0 Å². The predicted octanol–water partition coefficient (Wildman–Crippen LogP) is 3.11. The van der Waals surface area contributed by atoms with Crippen LogP contribution in [0.3, 0.4) is 0 Å². The number of aromatic hydroxyl groups is 1. The van der Waals surface area contributed by atoms with E-state index in [2.05, 4.69) is 13.0 Å². The van der Waals surface area contributed by atoms with Crippen molar-refractivity contribution < 1.29 is 5.11 Å². The van der Waals surface area contributed by atoms with Gasteiger partial charge in [0.15, 0.2) is 0 Å². The van der Waals surface area contributed by atoms with Gasteiger partial charge in [-0.3, -0.25) is 0 Å². The van der Waals surface area contributed by atoms with Crippen molar-refractivity contribution in [3.8, 4) is 5.75 Å². The summed E-state index contributed by atoms with van der Waals surface area (Å²) in [7, 11) is 0. The summed E-state index contributed by atoms with van der Waals surface area (Å²) in [6.45, 7) is 2.82. The number of benzene rings is 1. The Morgan fingerprint density at radius 3 is 2.47 bits per heavy atom. The fourth-order valence-corrected chi connectivity index (χ4v) is 2.77. The molecule has 17 heavy (non-hydrogen) atoms. The van der Waals surface area contributed by atoms with E-state index in [9.17, 15) is 5.11 Å². The van der Waals surface area contributed by atoms with Gasteiger partial charge in [0.1, 0.15) is 5.75 Å². The van der Waals surface area contributed by atoms with E-state index < -0.39 is 0 Å². The van der Waals surface area contributed by atoms with E-state index in [1.54, 1.807) is 0 Å². The number of aryl methyl sites for hydroxylation is 2. The second-order valence-electron chi connectivity index (χ2n) is 5.22. The van der Waals surface area contributed by atoms with Gasteiger partial charge in [-0.05, 0) is 67.3 Å². The number of hydrogen-bond acceptors (Lipinski definition) is 2. The first-order valence-corrected chi connectivity index (χ1v) is 6.77. The first-order valence-electron chi connectivity index (χ1n) is 6.77. The van der Waals surface area contributed by atoms with Crippen molar-refractivity contribution in [2.24, 2.45) is 5.73 Å². The Bertz CT molecular complexity index is 387. The molecule has 3 N–H and O–H groups in total. The lowest BCUT2D eigenvalue weighted by molar-refractivity contribution is 0.460. The molecular formula is C15H23NO. The fraction of sp³-hybridized carbons (Fsp3) is 0.600. The number of nitrogens with two attached hydrogens (primary N) is 1. The summed E-state index contributed by atoms with van der Waals surface area (Å²) in [6, 6.07) is 4.21. The molecule has 0 saturated heterocycles. The van der Waals surface area contributed by atoms with Gasteiger partial charge in [0.25, 0.3) is 0 Å². The summed E-state index contributed by atoms with van der Waals surface area (Å²) in [4.78, 5) is 0. The molecule has 0 bridgehead atoms. The molecule has 2 heteroatoms. The molecule has 0 heterocycles. The summed E-state index contributed by atoms with van der Waals surface area (Å²) in [5.41, 5.74) is 9.47. The molecule has 1 aromatic carbocycles. The maximum absolute atomic E-state index is 10.1. The minimum Gasteiger partial charge on any atom is -0.508 e. The lowest BCUT2D eigenvalue weighted by atomic mass is 9.91. The molecule has 0 aliphatic heterocycles. The van der Waals surface area contributed by atoms with Gasteiger partial charge in [0.05, 0.1) is 0 Å². The van der Waals surface area contributed by atoms with Crippen LogP contribution in [-0.2, 0) is 12.8 Å². The highest BCUT2D eigenvalue weighted by molar-refractivity contribution is 5.44. The van der Waals surface area contributed by atoms with Crippen molar-refractivity contribution in [2.45, 2.75) is 51.4 Å². The molecule has 1 aliphatic rings. The Hall–Kier alpha value is -1.02. The van der Waals surface area contributed by atoms with Crippen molar-refractivity contribution >= 4 is 0 Å². The molecule has 0 fully saturated rings. The average Bonchev–Trinajstić information content (AvgIpc) is 2.52. The van der Waals surface area contributed by atoms with E-state index in [4.69, 9.17) is 5.73 Å². The highest BCUT2D eigenvalue weighted by atomic mass is 16.3. The van der Waals surface area contributed by atoms with Crippen molar-refractivity contribution in [3.05, 3.63) is 28.8 Å². The molecule has 0 saturated carbocycles. The number of phenolic OH excluding ortho intramolecular Hbond substituents is 1. The van der Waals surface area contributed by atoms with Gasteiger partial charge in [-0.1, -0.05) is 19.4 Å². The topological polar surface area (TPSA) is 46.2 Å². The van der Waals surface area contributed by atoms with Gasteiger partial charge in [0.2, 0.25) is 0 Å². The van der Waals surface area contributed by atoms with Gasteiger partial charge in [-0.2, -0.15) is 0 Å². The largest absolute Gasteiger partial charge is 0.508 e. The molecule has 1 aliphatic carbocycles. The van der Waals surface area contributed by atoms with E-state index in [0.717, 1.165) is 24.8 Å². The van der Waals surface area contributed by atoms with Crippen LogP contribution in [0.1, 0.15) is 55.2 Å². The average molecular weight is 233 g/mol. The van der Waals surface area contributed by atoms with Gasteiger partial charge in [0, 0.05) is 0 Å². The summed E-state index contributed by atoms with van der Waals surface area (Å²) in [6.07, 6.45) is 7.06. The second-order valence-corrected chi connectivity index (χ2v) is 5.22. The first kappa shape index (κ1) is 12.4. The Kier molecular flexibility index (Phi) is 4.06. The standard InChI is InChI=1S/C15H23NO/c1-11(7-8-16)14-9-12-5-3-2-4-6-13(12)10-15(14)17/h9-11,17H,2-8,16H2,1H3. The molecule has 0 radical (unpaired) electrons. The van der Waals surface area contributed by atoms with Crippen molar-refractivity contribution in [3.63, 3.8) is 0 Å². The van der Waals surface area contributed by atoms with Crippen molar-refractivity contribution in [1.82, 2.24) is 0 Å². The zero-order valence-electron chi connectivity index (χ0n) is 10.7. The Labute approximate surface area is 104 Å². The van der Waals surface area contributed by atoms with Gasteiger partial charge in [-0.15, -0.1) is 0 Å². The highest BCUT2D eigenvalue weighted by Crippen LogP contribution is 2.33. The minimum atomic E-state index is 0.355. The second kappa shape index (κ2) is 5.54. The van der Waals surface area contributed by atoms with E-state index in [1.807, 2.05) is 6.07 Å². The Morgan fingerprint density at radius 1 is 1.18 bits per heavy atom. The minimum absolute atomic E-state index is 0.355. The van der Waals surface area contributed by atoms with Crippen LogP contribution in [0, 0.1) is 0 Å². The van der Waals surface area contributed by atoms with E-state index >= 15 is 0 Å². The predicted molar refractivity (Wildman–Crippen MR) is 71.5 cm³/mol. The molecule has 0 amide bonds. The summed E-state index contributed by atoms with van der Waals surface area (Å²) < 4.78 is 0. The molecule has 2 nitrogen and oxygen atoms in total. The van der Waals surface area contributed by atoms with Crippen molar-refractivity contribution in [1.29, 1.82) is 0 Å². The van der Waals surface area contributed by atoms with Crippen LogP contribution in [0.15, 0.2) is 12.1 Å². The number of rotatable bonds is 3. The SMILES string of the molecule is CC(CCN)c1cc2c(cc1O)CCCCC2. The Morgan fingerprint density at radius 2 is 1.82 bits per heavy atom. The molecule has 94 valence electrons. The fourth-order valence-electron chi connectivity index (χ4n) is 2.77. The molecular weight excluding hydrogens is 210 g/mol. The zero-order chi connectivity index (χ0) is 12.3. The first-order chi connectivity index (χ1) is 8.22. The number of fused-ring (bicyclic) bond motifs is 1. The zero-order valence-corrected chi connectivity index (χ0v) is 10.7. The Balaban J connectivity index is 2.31. The van der Waals surface area contributed by atoms with Crippen LogP contribution in [0.2, 0.25) is 0 Å². The van der Waals surface area contributed by atoms with Crippen molar-refractivity contribution in [2.75, 3.05) is 6.54 Å². The van der Waals surface area contributed by atoms with Gasteiger partial charge < -0.3 is 10.8 Å². The molecule has 0 spiro atoms. The molecule has 2 rings (SSSR count). The smallest absolute Gasteiger partial charge is 0.119 e. The normalized spacial score (nSPS) is 17.3. The highest BCUT2D eigenvalue weighted by Gasteiger charge is 2.15. The lowest BCUT2D eigenvalue weighted by Gasteiger charge is -2.16. The summed E-state index contributed by atoms with van der Waals surface area (Å²) >= 11 is 0. The third-order valence-electron chi connectivity index (χ3n) is 3.87. The van der Waals surface area contributed by atoms with E-state index in [-0.39, 0.29) is 0 Å². The maximum atomic E-state index is 10.1. The monoisotopic (exact) mass is 233 g/mol. The van der Waals surface area contributed by atoms with E-state index in [0.29, 0.717) is 18.2 Å². The summed E-state index contributed by atoms with van der Waals surface area (Å²) in [5.74, 6) is 0.820. The van der Waals surface area contributed by atoms with Crippen LogP contribution >= 0.6 is 0 Å². The van der Waals surface area contributed by atoms with E-state index in [1.165, 1.54) is 30.4 Å². The third kappa shape index (κ3) is 2.81. The quantitative estimate of drug-likeness (QED) is 0.788. The number of phenols is 1.